The van der Waals surface area contributed by atoms with Crippen molar-refractivity contribution in [3.05, 3.63) is 36.2 Å². The zero-order valence-electron chi connectivity index (χ0n) is 15.3. The summed E-state index contributed by atoms with van der Waals surface area (Å²) in [6.45, 7) is 0.914. The maximum absolute atomic E-state index is 12.7. The molecule has 2 heterocycles. The fourth-order valence-electron chi connectivity index (χ4n) is 4.39. The van der Waals surface area contributed by atoms with Gasteiger partial charge in [0, 0.05) is 31.0 Å². The highest BCUT2D eigenvalue weighted by molar-refractivity contribution is 5.77. The third kappa shape index (κ3) is 3.97. The number of likely N-dealkylation sites (tertiary alicyclic amines) is 1. The number of nitrogens with zero attached hydrogens (tertiary/aromatic N) is 3. The van der Waals surface area contributed by atoms with Crippen LogP contribution in [0.3, 0.4) is 0 Å². The van der Waals surface area contributed by atoms with Crippen LogP contribution in [0.5, 0.6) is 0 Å². The van der Waals surface area contributed by atoms with Crippen LogP contribution < -0.4 is 0 Å². The van der Waals surface area contributed by atoms with Crippen LogP contribution in [0, 0.1) is 5.92 Å². The van der Waals surface area contributed by atoms with Gasteiger partial charge in [0.2, 0.25) is 5.91 Å². The molecular formula is C21H27N3O2. The highest BCUT2D eigenvalue weighted by Crippen LogP contribution is 2.30. The van der Waals surface area contributed by atoms with Crippen LogP contribution in [-0.2, 0) is 11.2 Å². The summed E-state index contributed by atoms with van der Waals surface area (Å²) in [5.74, 6) is 2.28. The number of carbonyl (C=O) groups excluding carboxylic acids is 1. The molecule has 1 aliphatic heterocycles. The summed E-state index contributed by atoms with van der Waals surface area (Å²) < 4.78 is 5.39. The molecule has 0 bridgehead atoms. The standard InChI is InChI=1S/C21H27N3O2/c25-20(15-16-7-4-5-8-16)24-14-6-11-18(24)12-13-19-22-21(26-23-19)17-9-2-1-3-10-17/h1-3,9-10,16,18H,4-8,11-15H2. The van der Waals surface area contributed by atoms with E-state index in [0.29, 0.717) is 23.8 Å². The fraction of sp³-hybridized carbons (Fsp3) is 0.571. The maximum atomic E-state index is 12.7. The van der Waals surface area contributed by atoms with E-state index >= 15 is 0 Å². The second-order valence-electron chi connectivity index (χ2n) is 7.66. The number of aromatic nitrogens is 2. The molecule has 1 atom stereocenters. The van der Waals surface area contributed by atoms with Gasteiger partial charge in [-0.2, -0.15) is 4.98 Å². The monoisotopic (exact) mass is 353 g/mol. The number of aryl methyl sites for hydroxylation is 1. The average Bonchev–Trinajstić information content (AvgIpc) is 3.42. The van der Waals surface area contributed by atoms with E-state index in [-0.39, 0.29) is 0 Å². The second kappa shape index (κ2) is 8.02. The highest BCUT2D eigenvalue weighted by atomic mass is 16.5. The van der Waals surface area contributed by atoms with Crippen LogP contribution in [0.2, 0.25) is 0 Å². The molecule has 1 aromatic heterocycles. The Bertz CT molecular complexity index is 722. The van der Waals surface area contributed by atoms with Gasteiger partial charge in [0.15, 0.2) is 5.82 Å². The smallest absolute Gasteiger partial charge is 0.257 e. The number of rotatable bonds is 6. The molecule has 1 aliphatic carbocycles. The van der Waals surface area contributed by atoms with Gasteiger partial charge in [0.05, 0.1) is 0 Å². The van der Waals surface area contributed by atoms with E-state index in [1.54, 1.807) is 0 Å². The van der Waals surface area contributed by atoms with E-state index < -0.39 is 0 Å². The van der Waals surface area contributed by atoms with Gasteiger partial charge in [-0.05, 0) is 50.2 Å². The predicted molar refractivity (Wildman–Crippen MR) is 99.4 cm³/mol. The Morgan fingerprint density at radius 1 is 1.12 bits per heavy atom. The van der Waals surface area contributed by atoms with E-state index in [9.17, 15) is 4.79 Å². The molecule has 1 saturated heterocycles. The van der Waals surface area contributed by atoms with Crippen molar-refractivity contribution >= 4 is 5.91 Å². The molecule has 0 spiro atoms. The molecule has 5 heteroatoms. The summed E-state index contributed by atoms with van der Waals surface area (Å²) >= 11 is 0. The Hall–Kier alpha value is -2.17. The molecule has 1 unspecified atom stereocenters. The third-order valence-electron chi connectivity index (χ3n) is 5.83. The molecule has 4 rings (SSSR count). The molecule has 2 aliphatic rings. The Labute approximate surface area is 154 Å². The summed E-state index contributed by atoms with van der Waals surface area (Å²) in [7, 11) is 0. The molecule has 26 heavy (non-hydrogen) atoms. The maximum Gasteiger partial charge on any atom is 0.257 e. The topological polar surface area (TPSA) is 59.2 Å². The third-order valence-corrected chi connectivity index (χ3v) is 5.83. The summed E-state index contributed by atoms with van der Waals surface area (Å²) in [5, 5.41) is 4.12. The molecular weight excluding hydrogens is 326 g/mol. The first-order valence-electron chi connectivity index (χ1n) is 9.97. The van der Waals surface area contributed by atoms with Crippen LogP contribution in [0.15, 0.2) is 34.9 Å². The molecule has 1 saturated carbocycles. The van der Waals surface area contributed by atoms with Gasteiger partial charge in [-0.15, -0.1) is 0 Å². The Balaban J connectivity index is 1.32. The van der Waals surface area contributed by atoms with Gasteiger partial charge >= 0.3 is 0 Å². The van der Waals surface area contributed by atoms with Crippen LogP contribution in [-0.4, -0.2) is 33.5 Å². The lowest BCUT2D eigenvalue weighted by molar-refractivity contribution is -0.133. The van der Waals surface area contributed by atoms with E-state index in [1.807, 2.05) is 30.3 Å². The fourth-order valence-corrected chi connectivity index (χ4v) is 4.39. The minimum Gasteiger partial charge on any atom is -0.340 e. The van der Waals surface area contributed by atoms with Crippen molar-refractivity contribution in [1.29, 1.82) is 0 Å². The Kier molecular flexibility index (Phi) is 5.32. The molecule has 0 radical (unpaired) electrons. The summed E-state index contributed by atoms with van der Waals surface area (Å²) in [5.41, 5.74) is 0.945. The number of carbonyl (C=O) groups is 1. The summed E-state index contributed by atoms with van der Waals surface area (Å²) in [6.07, 6.45) is 9.69. The number of benzene rings is 1. The van der Waals surface area contributed by atoms with Crippen LogP contribution in [0.4, 0.5) is 0 Å². The lowest BCUT2D eigenvalue weighted by Gasteiger charge is -2.25. The van der Waals surface area contributed by atoms with E-state index in [1.165, 1.54) is 25.7 Å². The molecule has 1 aromatic carbocycles. The average molecular weight is 353 g/mol. The van der Waals surface area contributed by atoms with Gasteiger partial charge in [-0.3, -0.25) is 4.79 Å². The van der Waals surface area contributed by atoms with E-state index in [0.717, 1.165) is 50.0 Å². The van der Waals surface area contributed by atoms with Crippen molar-refractivity contribution in [2.45, 2.75) is 63.8 Å². The number of hydrogen-bond donors (Lipinski definition) is 0. The normalized spacial score (nSPS) is 20.8. The quantitative estimate of drug-likeness (QED) is 0.779. The highest BCUT2D eigenvalue weighted by Gasteiger charge is 2.30. The minimum absolute atomic E-state index is 0.336. The van der Waals surface area contributed by atoms with Crippen LogP contribution in [0.1, 0.15) is 57.2 Å². The Morgan fingerprint density at radius 2 is 1.92 bits per heavy atom. The van der Waals surface area contributed by atoms with Crippen molar-refractivity contribution in [1.82, 2.24) is 15.0 Å². The van der Waals surface area contributed by atoms with Crippen molar-refractivity contribution in [3.8, 4) is 11.5 Å². The summed E-state index contributed by atoms with van der Waals surface area (Å²) in [4.78, 5) is 19.3. The van der Waals surface area contributed by atoms with E-state index in [2.05, 4.69) is 15.0 Å². The van der Waals surface area contributed by atoms with Crippen molar-refractivity contribution in [2.75, 3.05) is 6.54 Å². The molecule has 5 nitrogen and oxygen atoms in total. The van der Waals surface area contributed by atoms with Crippen LogP contribution >= 0.6 is 0 Å². The van der Waals surface area contributed by atoms with Gasteiger partial charge in [-0.1, -0.05) is 36.2 Å². The van der Waals surface area contributed by atoms with Gasteiger partial charge in [-0.25, -0.2) is 0 Å². The predicted octanol–water partition coefficient (Wildman–Crippen LogP) is 4.24. The number of hydrogen-bond acceptors (Lipinski definition) is 4. The van der Waals surface area contributed by atoms with Crippen molar-refractivity contribution < 1.29 is 9.32 Å². The van der Waals surface area contributed by atoms with Gasteiger partial charge in [0.25, 0.3) is 5.89 Å². The van der Waals surface area contributed by atoms with Crippen LogP contribution in [0.25, 0.3) is 11.5 Å². The molecule has 0 N–H and O–H groups in total. The molecule has 1 amide bonds. The summed E-state index contributed by atoms with van der Waals surface area (Å²) in [6, 6.07) is 10.2. The molecule has 2 aromatic rings. The first kappa shape index (κ1) is 17.3. The van der Waals surface area contributed by atoms with Crippen molar-refractivity contribution in [2.24, 2.45) is 5.92 Å². The zero-order valence-corrected chi connectivity index (χ0v) is 15.3. The van der Waals surface area contributed by atoms with E-state index in [4.69, 9.17) is 4.52 Å². The number of amides is 1. The first-order valence-corrected chi connectivity index (χ1v) is 9.97. The zero-order chi connectivity index (χ0) is 17.8. The largest absolute Gasteiger partial charge is 0.340 e. The van der Waals surface area contributed by atoms with Gasteiger partial charge in [0.1, 0.15) is 0 Å². The van der Waals surface area contributed by atoms with Crippen molar-refractivity contribution in [3.63, 3.8) is 0 Å². The minimum atomic E-state index is 0.336. The molecule has 138 valence electrons. The lowest BCUT2D eigenvalue weighted by atomic mass is 10.0. The first-order chi connectivity index (χ1) is 12.8. The Morgan fingerprint density at radius 3 is 2.73 bits per heavy atom. The SMILES string of the molecule is O=C(CC1CCCC1)N1CCCC1CCc1noc(-c2ccccc2)n1. The lowest BCUT2D eigenvalue weighted by Crippen LogP contribution is -2.36. The molecule has 2 fully saturated rings. The second-order valence-corrected chi connectivity index (χ2v) is 7.66. The van der Waals surface area contributed by atoms with Gasteiger partial charge < -0.3 is 9.42 Å².